The second-order valence-corrected chi connectivity index (χ2v) is 10.9. The number of aliphatic hydroxyl groups is 1. The zero-order valence-electron chi connectivity index (χ0n) is 25.1. The molecule has 40 heavy (non-hydrogen) atoms. The first-order valence-corrected chi connectivity index (χ1v) is 14.6. The fraction of sp³-hybridized carbons (Fsp3) is 0.625. The number of rotatable bonds is 16. The van der Waals surface area contributed by atoms with E-state index < -0.39 is 11.9 Å². The van der Waals surface area contributed by atoms with Gasteiger partial charge in [0.25, 0.3) is 0 Å². The molecule has 1 fully saturated rings. The molecule has 8 nitrogen and oxygen atoms in total. The normalized spacial score (nSPS) is 23.8. The summed E-state index contributed by atoms with van der Waals surface area (Å²) in [5.74, 6) is 0.676. The molecule has 1 aliphatic rings. The monoisotopic (exact) mass is 556 g/mol. The van der Waals surface area contributed by atoms with E-state index in [2.05, 4.69) is 61.1 Å². The predicted molar refractivity (Wildman–Crippen MR) is 156 cm³/mol. The smallest absolute Gasteiger partial charge is 0.248 e. The number of hydrogen-bond donors (Lipinski definition) is 1. The van der Waals surface area contributed by atoms with Gasteiger partial charge in [0.2, 0.25) is 5.89 Å². The molecule has 0 saturated carbocycles. The molecule has 8 heteroatoms. The Morgan fingerprint density at radius 2 is 2.08 bits per heavy atom. The molecule has 5 unspecified atom stereocenters. The van der Waals surface area contributed by atoms with Crippen LogP contribution in [-0.4, -0.2) is 46.8 Å². The highest BCUT2D eigenvalue weighted by atomic mass is 16.7. The number of methoxy groups -OCH3 is 1. The molecular formula is C32H48N2O6. The van der Waals surface area contributed by atoms with Crippen LogP contribution in [0.25, 0.3) is 11.6 Å². The zero-order chi connectivity index (χ0) is 29.0. The molecule has 1 saturated heterocycles. The van der Waals surface area contributed by atoms with Crippen LogP contribution >= 0.6 is 0 Å². The van der Waals surface area contributed by atoms with Gasteiger partial charge in [0.05, 0.1) is 18.8 Å². The van der Waals surface area contributed by atoms with Crippen LogP contribution in [0.3, 0.4) is 0 Å². The highest BCUT2D eigenvalue weighted by molar-refractivity contribution is 5.44. The summed E-state index contributed by atoms with van der Waals surface area (Å²) in [4.78, 5) is 9.18. The van der Waals surface area contributed by atoms with Gasteiger partial charge in [-0.2, -0.15) is 0 Å². The summed E-state index contributed by atoms with van der Waals surface area (Å²) >= 11 is 0. The molecule has 3 rings (SSSR count). The van der Waals surface area contributed by atoms with Gasteiger partial charge in [0, 0.05) is 26.4 Å². The zero-order valence-corrected chi connectivity index (χ0v) is 25.1. The number of aliphatic hydroxyl groups excluding tert-OH is 1. The number of ether oxygens (including phenoxy) is 3. The Balaban J connectivity index is 1.52. The lowest BCUT2D eigenvalue weighted by Crippen LogP contribution is -2.46. The highest BCUT2D eigenvalue weighted by Crippen LogP contribution is 2.35. The lowest BCUT2D eigenvalue weighted by atomic mass is 9.95. The molecule has 0 aromatic carbocycles. The average molecular weight is 557 g/mol. The second-order valence-electron chi connectivity index (χ2n) is 10.9. The van der Waals surface area contributed by atoms with E-state index in [9.17, 15) is 5.11 Å². The SMILES string of the molecule is CC=CC(C)C=C(C)CC=CCCc1nc(-c2nc(C(CC3CC(O)CC(C)(OCCCC)O3)OC)co2)co1. The predicted octanol–water partition coefficient (Wildman–Crippen LogP) is 7.52. The summed E-state index contributed by atoms with van der Waals surface area (Å²) in [6.45, 7) is 11.0. The number of unbranched alkanes of at least 4 members (excludes halogenated alkanes) is 1. The minimum Gasteiger partial charge on any atom is -0.448 e. The summed E-state index contributed by atoms with van der Waals surface area (Å²) in [5.41, 5.74) is 2.56. The first-order chi connectivity index (χ1) is 19.2. The van der Waals surface area contributed by atoms with Gasteiger partial charge in [-0.1, -0.05) is 56.2 Å². The maximum absolute atomic E-state index is 10.5. The van der Waals surface area contributed by atoms with Crippen LogP contribution in [0.15, 0.2) is 57.3 Å². The second kappa shape index (κ2) is 16.1. The first-order valence-electron chi connectivity index (χ1n) is 14.6. The van der Waals surface area contributed by atoms with Gasteiger partial charge in [0.1, 0.15) is 24.3 Å². The quantitative estimate of drug-likeness (QED) is 0.167. The number of hydrogen-bond acceptors (Lipinski definition) is 8. The van der Waals surface area contributed by atoms with E-state index >= 15 is 0 Å². The topological polar surface area (TPSA) is 100.0 Å². The number of aromatic nitrogens is 2. The number of allylic oxidation sites excluding steroid dienone is 6. The van der Waals surface area contributed by atoms with E-state index in [0.717, 1.165) is 25.7 Å². The van der Waals surface area contributed by atoms with Gasteiger partial charge in [-0.3, -0.25) is 0 Å². The van der Waals surface area contributed by atoms with Crippen molar-refractivity contribution in [3.63, 3.8) is 0 Å². The van der Waals surface area contributed by atoms with Gasteiger partial charge < -0.3 is 28.2 Å². The van der Waals surface area contributed by atoms with Crippen molar-refractivity contribution >= 4 is 0 Å². The minimum atomic E-state index is -0.808. The summed E-state index contributed by atoms with van der Waals surface area (Å²) in [5, 5.41) is 10.5. The van der Waals surface area contributed by atoms with Crippen molar-refractivity contribution in [1.29, 1.82) is 0 Å². The van der Waals surface area contributed by atoms with Crippen molar-refractivity contribution in [2.45, 2.75) is 110 Å². The van der Waals surface area contributed by atoms with Crippen LogP contribution in [0.4, 0.5) is 0 Å². The van der Waals surface area contributed by atoms with Crippen LogP contribution in [0.5, 0.6) is 0 Å². The van der Waals surface area contributed by atoms with E-state index in [1.165, 1.54) is 5.57 Å². The molecule has 0 bridgehead atoms. The third-order valence-electron chi connectivity index (χ3n) is 7.02. The summed E-state index contributed by atoms with van der Waals surface area (Å²) in [6, 6.07) is 0. The standard InChI is InChI=1S/C32H48N2O6/c1-7-9-16-39-32(5)20-25(35)18-26(40-32)19-29(36-6)27-21-38-31(34-27)28-22-37-30(33-28)15-12-10-11-14-24(4)17-23(3)13-8-2/h8,10-11,13,17,21-23,25-26,29,35H,7,9,12,14-16,18-20H2,1-6H3. The lowest BCUT2D eigenvalue weighted by molar-refractivity contribution is -0.289. The fourth-order valence-electron chi connectivity index (χ4n) is 5.06. The highest BCUT2D eigenvalue weighted by Gasteiger charge is 2.39. The van der Waals surface area contributed by atoms with Gasteiger partial charge in [0.15, 0.2) is 17.4 Å². The van der Waals surface area contributed by atoms with E-state index in [4.69, 9.17) is 23.0 Å². The van der Waals surface area contributed by atoms with Crippen LogP contribution in [0.1, 0.15) is 97.3 Å². The number of oxazole rings is 2. The molecule has 222 valence electrons. The Labute approximate surface area is 239 Å². The van der Waals surface area contributed by atoms with Crippen molar-refractivity contribution in [3.05, 3.63) is 60.1 Å². The summed E-state index contributed by atoms with van der Waals surface area (Å²) < 4.78 is 29.4. The van der Waals surface area contributed by atoms with Crippen LogP contribution in [0, 0.1) is 5.92 Å². The van der Waals surface area contributed by atoms with E-state index in [0.29, 0.717) is 61.4 Å². The van der Waals surface area contributed by atoms with Crippen LogP contribution in [0.2, 0.25) is 0 Å². The first kappa shape index (κ1) is 32.0. The lowest BCUT2D eigenvalue weighted by Gasteiger charge is -2.41. The summed E-state index contributed by atoms with van der Waals surface area (Å²) in [7, 11) is 1.64. The van der Waals surface area contributed by atoms with Gasteiger partial charge in [-0.25, -0.2) is 9.97 Å². The van der Waals surface area contributed by atoms with Crippen molar-refractivity contribution in [2.24, 2.45) is 5.92 Å². The molecule has 1 aliphatic heterocycles. The third kappa shape index (κ3) is 10.1. The van der Waals surface area contributed by atoms with Crippen molar-refractivity contribution in [1.82, 2.24) is 9.97 Å². The molecule has 1 N–H and O–H groups in total. The molecule has 3 heterocycles. The average Bonchev–Trinajstić information content (AvgIpc) is 3.57. The van der Waals surface area contributed by atoms with Crippen molar-refractivity contribution in [3.8, 4) is 11.6 Å². The van der Waals surface area contributed by atoms with Gasteiger partial charge in [-0.15, -0.1) is 0 Å². The Hall–Kier alpha value is -2.52. The number of aryl methyl sites for hydroxylation is 1. The fourth-order valence-corrected chi connectivity index (χ4v) is 5.06. The molecule has 0 amide bonds. The Morgan fingerprint density at radius 1 is 1.25 bits per heavy atom. The largest absolute Gasteiger partial charge is 0.448 e. The van der Waals surface area contributed by atoms with Crippen LogP contribution in [-0.2, 0) is 20.6 Å². The molecule has 0 spiro atoms. The molecule has 0 aliphatic carbocycles. The van der Waals surface area contributed by atoms with Gasteiger partial charge in [-0.05, 0) is 52.4 Å². The molecule has 0 radical (unpaired) electrons. The van der Waals surface area contributed by atoms with Gasteiger partial charge >= 0.3 is 0 Å². The van der Waals surface area contributed by atoms with Crippen molar-refractivity contribution in [2.75, 3.05) is 13.7 Å². The Bertz CT molecular complexity index is 1100. The molecule has 2 aromatic heterocycles. The molecule has 5 atom stereocenters. The maximum Gasteiger partial charge on any atom is 0.248 e. The van der Waals surface area contributed by atoms with E-state index in [1.54, 1.807) is 19.6 Å². The Morgan fingerprint density at radius 3 is 2.83 bits per heavy atom. The number of nitrogens with zero attached hydrogens (tertiary/aromatic N) is 2. The third-order valence-corrected chi connectivity index (χ3v) is 7.02. The summed E-state index contributed by atoms with van der Waals surface area (Å²) in [6.07, 6.45) is 19.0. The van der Waals surface area contributed by atoms with Crippen LogP contribution < -0.4 is 0 Å². The minimum absolute atomic E-state index is 0.233. The Kier molecular flexibility index (Phi) is 12.8. The molecular weight excluding hydrogens is 508 g/mol. The van der Waals surface area contributed by atoms with Crippen molar-refractivity contribution < 1.29 is 28.2 Å². The van der Waals surface area contributed by atoms with E-state index in [-0.39, 0.29) is 12.2 Å². The maximum atomic E-state index is 10.5. The molecule has 2 aromatic rings. The van der Waals surface area contributed by atoms with E-state index in [1.807, 2.05) is 13.8 Å².